The van der Waals surface area contributed by atoms with Crippen molar-refractivity contribution < 1.29 is 9.47 Å². The van der Waals surface area contributed by atoms with Crippen LogP contribution in [0, 0.1) is 0 Å². The molecule has 7 heteroatoms. The van der Waals surface area contributed by atoms with E-state index in [-0.39, 0.29) is 5.28 Å². The van der Waals surface area contributed by atoms with E-state index in [1.54, 1.807) is 17.5 Å². The zero-order valence-electron chi connectivity index (χ0n) is 11.5. The summed E-state index contributed by atoms with van der Waals surface area (Å²) in [7, 11) is 0. The number of halogens is 1. The van der Waals surface area contributed by atoms with Crippen molar-refractivity contribution in [2.45, 2.75) is 0 Å². The molecule has 3 heterocycles. The number of ether oxygens (including phenoxy) is 2. The van der Waals surface area contributed by atoms with Crippen molar-refractivity contribution in [2.75, 3.05) is 39.5 Å². The van der Waals surface area contributed by atoms with Crippen molar-refractivity contribution in [2.24, 2.45) is 0 Å². The molecular formula is C14H16ClN3O2S. The maximum Gasteiger partial charge on any atom is 0.226 e. The molecule has 1 aliphatic rings. The van der Waals surface area contributed by atoms with Crippen molar-refractivity contribution in [3.63, 3.8) is 0 Å². The second kappa shape index (κ2) is 7.17. The molecule has 0 N–H and O–H groups in total. The fourth-order valence-corrected chi connectivity index (χ4v) is 3.01. The second-order valence-corrected chi connectivity index (χ2v) is 5.92. The molecule has 0 aliphatic carbocycles. The number of morpholine rings is 1. The van der Waals surface area contributed by atoms with Crippen LogP contribution >= 0.6 is 22.9 Å². The first kappa shape index (κ1) is 14.7. The van der Waals surface area contributed by atoms with Crippen LogP contribution in [0.2, 0.25) is 5.28 Å². The number of aromatic nitrogens is 2. The van der Waals surface area contributed by atoms with Gasteiger partial charge in [0.25, 0.3) is 0 Å². The zero-order chi connectivity index (χ0) is 14.5. The minimum Gasteiger partial charge on any atom is -0.476 e. The highest BCUT2D eigenvalue weighted by Gasteiger charge is 2.13. The summed E-state index contributed by atoms with van der Waals surface area (Å²) in [6.07, 6.45) is 1.71. The summed E-state index contributed by atoms with van der Waals surface area (Å²) in [6, 6.07) is 4.01. The van der Waals surface area contributed by atoms with Crippen molar-refractivity contribution in [3.8, 4) is 16.3 Å². The molecule has 21 heavy (non-hydrogen) atoms. The molecule has 2 aromatic rings. The first-order valence-electron chi connectivity index (χ1n) is 6.82. The highest BCUT2D eigenvalue weighted by atomic mass is 35.5. The number of thiophene rings is 1. The highest BCUT2D eigenvalue weighted by Crippen LogP contribution is 2.31. The Labute approximate surface area is 132 Å². The molecule has 0 radical (unpaired) electrons. The first-order chi connectivity index (χ1) is 10.3. The van der Waals surface area contributed by atoms with E-state index >= 15 is 0 Å². The van der Waals surface area contributed by atoms with Gasteiger partial charge in [0.1, 0.15) is 6.61 Å². The Morgan fingerprint density at radius 2 is 2.24 bits per heavy atom. The third-order valence-corrected chi connectivity index (χ3v) is 4.35. The van der Waals surface area contributed by atoms with Gasteiger partial charge >= 0.3 is 0 Å². The fraction of sp³-hybridized carbons (Fsp3) is 0.429. The summed E-state index contributed by atoms with van der Waals surface area (Å²) >= 11 is 7.51. The first-order valence-corrected chi connectivity index (χ1v) is 8.08. The second-order valence-electron chi connectivity index (χ2n) is 4.64. The lowest BCUT2D eigenvalue weighted by Crippen LogP contribution is -2.38. The maximum atomic E-state index is 5.88. The van der Waals surface area contributed by atoms with Gasteiger partial charge in [0.05, 0.1) is 18.8 Å². The van der Waals surface area contributed by atoms with Gasteiger partial charge in [-0.15, -0.1) is 11.3 Å². The van der Waals surface area contributed by atoms with E-state index in [0.29, 0.717) is 12.5 Å². The van der Waals surface area contributed by atoms with Crippen LogP contribution in [-0.2, 0) is 4.74 Å². The SMILES string of the molecule is Clc1ncc(-c2cccs2)c(OCCN2CCOCC2)n1. The molecule has 0 amide bonds. The average molecular weight is 326 g/mol. The zero-order valence-corrected chi connectivity index (χ0v) is 13.1. The molecule has 0 atom stereocenters. The molecular weight excluding hydrogens is 310 g/mol. The van der Waals surface area contributed by atoms with Gasteiger partial charge in [-0.05, 0) is 23.0 Å². The summed E-state index contributed by atoms with van der Waals surface area (Å²) in [4.78, 5) is 11.6. The molecule has 1 aliphatic heterocycles. The molecule has 0 aromatic carbocycles. The Morgan fingerprint density at radius 1 is 1.38 bits per heavy atom. The monoisotopic (exact) mass is 325 g/mol. The Balaban J connectivity index is 1.65. The Bertz CT molecular complexity index is 574. The van der Waals surface area contributed by atoms with Crippen LogP contribution < -0.4 is 4.74 Å². The number of hydrogen-bond donors (Lipinski definition) is 0. The van der Waals surface area contributed by atoms with Crippen molar-refractivity contribution >= 4 is 22.9 Å². The molecule has 0 spiro atoms. The molecule has 112 valence electrons. The lowest BCUT2D eigenvalue weighted by atomic mass is 10.3. The fourth-order valence-electron chi connectivity index (χ4n) is 2.15. The van der Waals surface area contributed by atoms with Crippen molar-refractivity contribution in [3.05, 3.63) is 29.0 Å². The van der Waals surface area contributed by atoms with Gasteiger partial charge in [0, 0.05) is 30.7 Å². The van der Waals surface area contributed by atoms with Crippen LogP contribution in [0.25, 0.3) is 10.4 Å². The highest BCUT2D eigenvalue weighted by molar-refractivity contribution is 7.13. The van der Waals surface area contributed by atoms with Gasteiger partial charge in [0.2, 0.25) is 11.2 Å². The van der Waals surface area contributed by atoms with Crippen molar-refractivity contribution in [1.82, 2.24) is 14.9 Å². The molecule has 5 nitrogen and oxygen atoms in total. The molecule has 0 bridgehead atoms. The van der Waals surface area contributed by atoms with Crippen LogP contribution in [0.3, 0.4) is 0 Å². The minimum atomic E-state index is 0.205. The van der Waals surface area contributed by atoms with Gasteiger partial charge in [-0.1, -0.05) is 6.07 Å². The molecule has 0 unspecified atom stereocenters. The van der Waals surface area contributed by atoms with Crippen LogP contribution in [0.4, 0.5) is 0 Å². The van der Waals surface area contributed by atoms with E-state index in [4.69, 9.17) is 21.1 Å². The lowest BCUT2D eigenvalue weighted by Gasteiger charge is -2.26. The largest absolute Gasteiger partial charge is 0.476 e. The van der Waals surface area contributed by atoms with E-state index in [0.717, 1.165) is 43.3 Å². The third-order valence-electron chi connectivity index (χ3n) is 3.26. The van der Waals surface area contributed by atoms with E-state index in [9.17, 15) is 0 Å². The molecule has 0 saturated carbocycles. The van der Waals surface area contributed by atoms with Crippen LogP contribution in [0.5, 0.6) is 5.88 Å². The van der Waals surface area contributed by atoms with E-state index < -0.39 is 0 Å². The maximum absolute atomic E-state index is 5.88. The van der Waals surface area contributed by atoms with E-state index in [1.165, 1.54) is 0 Å². The quantitative estimate of drug-likeness (QED) is 0.791. The standard InChI is InChI=1S/C14H16ClN3O2S/c15-14-16-10-11(12-2-1-9-21-12)13(17-14)20-8-5-18-3-6-19-7-4-18/h1-2,9-10H,3-8H2. The molecule has 1 fully saturated rings. The normalized spacial score (nSPS) is 16.0. The van der Waals surface area contributed by atoms with Crippen LogP contribution in [-0.4, -0.2) is 54.3 Å². The van der Waals surface area contributed by atoms with E-state index in [1.807, 2.05) is 17.5 Å². The van der Waals surface area contributed by atoms with Gasteiger partial charge in [0.15, 0.2) is 0 Å². The number of rotatable bonds is 5. The summed E-state index contributed by atoms with van der Waals surface area (Å²) in [5.41, 5.74) is 0.886. The van der Waals surface area contributed by atoms with Gasteiger partial charge in [-0.2, -0.15) is 4.98 Å². The van der Waals surface area contributed by atoms with Gasteiger partial charge in [-0.3, -0.25) is 4.90 Å². The summed E-state index contributed by atoms with van der Waals surface area (Å²) in [6.45, 7) is 4.91. The molecule has 3 rings (SSSR count). The Kier molecular flexibility index (Phi) is 5.03. The Hall–Kier alpha value is -1.21. The number of nitrogens with zero attached hydrogens (tertiary/aromatic N) is 3. The van der Waals surface area contributed by atoms with Crippen molar-refractivity contribution in [1.29, 1.82) is 0 Å². The minimum absolute atomic E-state index is 0.205. The predicted molar refractivity (Wildman–Crippen MR) is 83.1 cm³/mol. The summed E-state index contributed by atoms with van der Waals surface area (Å²) < 4.78 is 11.2. The lowest BCUT2D eigenvalue weighted by molar-refractivity contribution is 0.0320. The summed E-state index contributed by atoms with van der Waals surface area (Å²) in [5, 5.41) is 2.22. The molecule has 1 saturated heterocycles. The Morgan fingerprint density at radius 3 is 3.00 bits per heavy atom. The predicted octanol–water partition coefficient (Wildman–Crippen LogP) is 2.57. The average Bonchev–Trinajstić information content (AvgIpc) is 3.03. The van der Waals surface area contributed by atoms with Gasteiger partial charge < -0.3 is 9.47 Å². The van der Waals surface area contributed by atoms with Gasteiger partial charge in [-0.25, -0.2) is 4.98 Å². The van der Waals surface area contributed by atoms with Crippen LogP contribution in [0.15, 0.2) is 23.7 Å². The topological polar surface area (TPSA) is 47.5 Å². The number of hydrogen-bond acceptors (Lipinski definition) is 6. The summed E-state index contributed by atoms with van der Waals surface area (Å²) in [5.74, 6) is 0.547. The molecule has 2 aromatic heterocycles. The third kappa shape index (κ3) is 3.91. The van der Waals surface area contributed by atoms with Crippen LogP contribution in [0.1, 0.15) is 0 Å². The smallest absolute Gasteiger partial charge is 0.226 e. The van der Waals surface area contributed by atoms with E-state index in [2.05, 4.69) is 14.9 Å².